The first kappa shape index (κ1) is 10.3. The smallest absolute Gasteiger partial charge is 0.119 e. The summed E-state index contributed by atoms with van der Waals surface area (Å²) in [6, 6.07) is 6.78. The monoisotopic (exact) mass is 205 g/mol. The lowest BCUT2D eigenvalue weighted by molar-refractivity contribution is 0.414. The van der Waals surface area contributed by atoms with Crippen LogP contribution in [-0.2, 0) is 0 Å². The van der Waals surface area contributed by atoms with Gasteiger partial charge in [0.15, 0.2) is 0 Å². The summed E-state index contributed by atoms with van der Waals surface area (Å²) in [5, 5.41) is 3.57. The van der Waals surface area contributed by atoms with Gasteiger partial charge in [-0.1, -0.05) is 0 Å². The van der Waals surface area contributed by atoms with E-state index < -0.39 is 0 Å². The molecule has 1 aromatic rings. The fourth-order valence-corrected chi connectivity index (χ4v) is 1.88. The number of benzene rings is 1. The lowest BCUT2D eigenvalue weighted by Gasteiger charge is -2.16. The molecule has 1 N–H and O–H groups in total. The molecule has 1 saturated carbocycles. The molecule has 15 heavy (non-hydrogen) atoms. The first-order chi connectivity index (χ1) is 7.20. The fourth-order valence-electron chi connectivity index (χ4n) is 1.88. The van der Waals surface area contributed by atoms with Crippen molar-refractivity contribution < 1.29 is 4.74 Å². The zero-order valence-electron chi connectivity index (χ0n) is 9.71. The second kappa shape index (κ2) is 4.13. The van der Waals surface area contributed by atoms with E-state index in [-0.39, 0.29) is 0 Å². The first-order valence-electron chi connectivity index (χ1n) is 5.62. The molecule has 0 amide bonds. The molecule has 0 spiro atoms. The maximum atomic E-state index is 5.19. The first-order valence-corrected chi connectivity index (χ1v) is 5.62. The van der Waals surface area contributed by atoms with E-state index in [1.165, 1.54) is 24.1 Å². The van der Waals surface area contributed by atoms with E-state index in [1.54, 1.807) is 7.11 Å². The highest BCUT2D eigenvalue weighted by atomic mass is 16.5. The Balaban J connectivity index is 2.07. The molecule has 1 aliphatic carbocycles. The molecular weight excluding hydrogens is 186 g/mol. The van der Waals surface area contributed by atoms with Crippen molar-refractivity contribution in [1.29, 1.82) is 0 Å². The van der Waals surface area contributed by atoms with Crippen LogP contribution in [-0.4, -0.2) is 13.2 Å². The van der Waals surface area contributed by atoms with Gasteiger partial charge in [0.1, 0.15) is 5.75 Å². The molecule has 1 unspecified atom stereocenters. The highest BCUT2D eigenvalue weighted by Gasteiger charge is 2.27. The molecule has 2 rings (SSSR count). The molecule has 2 heteroatoms. The SMILES string of the molecule is COc1ccc(NC(C)C2CC2)c(C)c1. The van der Waals surface area contributed by atoms with Crippen LogP contribution in [0.1, 0.15) is 25.3 Å². The van der Waals surface area contributed by atoms with Crippen LogP contribution in [0.3, 0.4) is 0 Å². The second-order valence-electron chi connectivity index (χ2n) is 4.45. The summed E-state index contributed by atoms with van der Waals surface area (Å²) in [6.45, 7) is 4.38. The lowest BCUT2D eigenvalue weighted by atomic mass is 10.1. The topological polar surface area (TPSA) is 21.3 Å². The molecule has 0 radical (unpaired) electrons. The van der Waals surface area contributed by atoms with Crippen molar-refractivity contribution in [2.75, 3.05) is 12.4 Å². The van der Waals surface area contributed by atoms with Crippen molar-refractivity contribution in [2.24, 2.45) is 5.92 Å². The standard InChI is InChI=1S/C13H19NO/c1-9-8-12(15-3)6-7-13(9)14-10(2)11-4-5-11/h6-8,10-11,14H,4-5H2,1-3H3. The zero-order chi connectivity index (χ0) is 10.8. The maximum absolute atomic E-state index is 5.19. The molecule has 82 valence electrons. The summed E-state index contributed by atoms with van der Waals surface area (Å²) in [5.74, 6) is 1.81. The number of aryl methyl sites for hydroxylation is 1. The van der Waals surface area contributed by atoms with E-state index in [9.17, 15) is 0 Å². The van der Waals surface area contributed by atoms with Gasteiger partial charge in [-0.15, -0.1) is 0 Å². The van der Waals surface area contributed by atoms with Crippen LogP contribution in [0.4, 0.5) is 5.69 Å². The van der Waals surface area contributed by atoms with Crippen LogP contribution in [0.15, 0.2) is 18.2 Å². The number of ether oxygens (including phenoxy) is 1. The van der Waals surface area contributed by atoms with Crippen molar-refractivity contribution in [1.82, 2.24) is 0 Å². The Morgan fingerprint density at radius 2 is 2.13 bits per heavy atom. The van der Waals surface area contributed by atoms with Gasteiger partial charge in [-0.05, 0) is 56.4 Å². The van der Waals surface area contributed by atoms with Crippen molar-refractivity contribution in [3.63, 3.8) is 0 Å². The summed E-state index contributed by atoms with van der Waals surface area (Å²) in [5.41, 5.74) is 2.48. The Labute approximate surface area is 91.6 Å². The minimum absolute atomic E-state index is 0.595. The zero-order valence-corrected chi connectivity index (χ0v) is 9.71. The Kier molecular flexibility index (Phi) is 2.85. The van der Waals surface area contributed by atoms with E-state index in [0.29, 0.717) is 6.04 Å². The number of methoxy groups -OCH3 is 1. The van der Waals surface area contributed by atoms with E-state index >= 15 is 0 Å². The second-order valence-corrected chi connectivity index (χ2v) is 4.45. The van der Waals surface area contributed by atoms with Crippen LogP contribution >= 0.6 is 0 Å². The highest BCUT2D eigenvalue weighted by Crippen LogP contribution is 2.34. The van der Waals surface area contributed by atoms with Gasteiger partial charge in [0, 0.05) is 11.7 Å². The largest absolute Gasteiger partial charge is 0.497 e. The van der Waals surface area contributed by atoms with Gasteiger partial charge in [0.05, 0.1) is 7.11 Å². The average molecular weight is 205 g/mol. The predicted octanol–water partition coefficient (Wildman–Crippen LogP) is 3.21. The molecule has 2 nitrogen and oxygen atoms in total. The van der Waals surface area contributed by atoms with Gasteiger partial charge in [0.25, 0.3) is 0 Å². The maximum Gasteiger partial charge on any atom is 0.119 e. The summed E-state index contributed by atoms with van der Waals surface area (Å²) in [4.78, 5) is 0. The molecular formula is C13H19NO. The van der Waals surface area contributed by atoms with Gasteiger partial charge >= 0.3 is 0 Å². The Hall–Kier alpha value is -1.18. The molecule has 0 saturated heterocycles. The summed E-state index contributed by atoms with van der Waals surface area (Å²) in [7, 11) is 1.70. The van der Waals surface area contributed by atoms with Crippen molar-refractivity contribution in [3.8, 4) is 5.75 Å². The van der Waals surface area contributed by atoms with Gasteiger partial charge in [-0.25, -0.2) is 0 Å². The normalized spacial score (nSPS) is 17.3. The van der Waals surface area contributed by atoms with Gasteiger partial charge in [-0.3, -0.25) is 0 Å². The van der Waals surface area contributed by atoms with Gasteiger partial charge < -0.3 is 10.1 Å². The third kappa shape index (κ3) is 2.44. The summed E-state index contributed by atoms with van der Waals surface area (Å²) < 4.78 is 5.19. The van der Waals surface area contributed by atoms with E-state index in [2.05, 4.69) is 31.3 Å². The number of rotatable bonds is 4. The van der Waals surface area contributed by atoms with Crippen molar-refractivity contribution >= 4 is 5.69 Å². The molecule has 1 atom stereocenters. The van der Waals surface area contributed by atoms with Crippen LogP contribution in [0.2, 0.25) is 0 Å². The quantitative estimate of drug-likeness (QED) is 0.815. The third-order valence-corrected chi connectivity index (χ3v) is 3.15. The van der Waals surface area contributed by atoms with Gasteiger partial charge in [0.2, 0.25) is 0 Å². The number of nitrogens with one attached hydrogen (secondary N) is 1. The predicted molar refractivity (Wildman–Crippen MR) is 63.5 cm³/mol. The Morgan fingerprint density at radius 3 is 2.67 bits per heavy atom. The molecule has 1 aliphatic rings. The molecule has 1 aromatic carbocycles. The minimum Gasteiger partial charge on any atom is -0.497 e. The summed E-state index contributed by atoms with van der Waals surface area (Å²) >= 11 is 0. The molecule has 0 heterocycles. The number of hydrogen-bond acceptors (Lipinski definition) is 2. The van der Waals surface area contributed by atoms with E-state index in [0.717, 1.165) is 11.7 Å². The minimum atomic E-state index is 0.595. The lowest BCUT2D eigenvalue weighted by Crippen LogP contribution is -2.17. The van der Waals surface area contributed by atoms with Crippen LogP contribution in [0.25, 0.3) is 0 Å². The summed E-state index contributed by atoms with van der Waals surface area (Å²) in [6.07, 6.45) is 2.76. The van der Waals surface area contributed by atoms with Crippen LogP contribution in [0, 0.1) is 12.8 Å². The Bertz CT molecular complexity index is 344. The molecule has 0 aliphatic heterocycles. The van der Waals surface area contributed by atoms with E-state index in [1.807, 2.05) is 6.07 Å². The number of hydrogen-bond donors (Lipinski definition) is 1. The highest BCUT2D eigenvalue weighted by molar-refractivity contribution is 5.54. The Morgan fingerprint density at radius 1 is 1.40 bits per heavy atom. The number of anilines is 1. The van der Waals surface area contributed by atoms with Gasteiger partial charge in [-0.2, -0.15) is 0 Å². The fraction of sp³-hybridized carbons (Fsp3) is 0.538. The third-order valence-electron chi connectivity index (χ3n) is 3.15. The van der Waals surface area contributed by atoms with Crippen molar-refractivity contribution in [3.05, 3.63) is 23.8 Å². The van der Waals surface area contributed by atoms with E-state index in [4.69, 9.17) is 4.74 Å². The molecule has 0 bridgehead atoms. The van der Waals surface area contributed by atoms with Crippen LogP contribution in [0.5, 0.6) is 5.75 Å². The van der Waals surface area contributed by atoms with Crippen molar-refractivity contribution in [2.45, 2.75) is 32.7 Å². The van der Waals surface area contributed by atoms with Crippen LogP contribution < -0.4 is 10.1 Å². The molecule has 1 fully saturated rings. The molecule has 0 aromatic heterocycles. The average Bonchev–Trinajstić information content (AvgIpc) is 3.04.